The van der Waals surface area contributed by atoms with Crippen LogP contribution in [0.4, 0.5) is 0 Å². The van der Waals surface area contributed by atoms with E-state index in [-0.39, 0.29) is 18.9 Å². The van der Waals surface area contributed by atoms with Crippen molar-refractivity contribution in [2.24, 2.45) is 0 Å². The molecule has 1 amide bonds. The maximum Gasteiger partial charge on any atom is 0.233 e. The molecular weight excluding hydrogens is 390 g/mol. The highest BCUT2D eigenvalue weighted by molar-refractivity contribution is 7.92. The molecule has 0 fully saturated rings. The minimum atomic E-state index is -3.60. The zero-order valence-corrected chi connectivity index (χ0v) is 16.4. The molecule has 29 heavy (non-hydrogen) atoms. The van der Waals surface area contributed by atoms with Gasteiger partial charge < -0.3 is 5.32 Å². The Morgan fingerprint density at radius 1 is 1.10 bits per heavy atom. The fourth-order valence-electron chi connectivity index (χ4n) is 2.44. The van der Waals surface area contributed by atoms with E-state index < -0.39 is 10.0 Å². The summed E-state index contributed by atoms with van der Waals surface area (Å²) in [6.45, 7) is 0.329. The van der Waals surface area contributed by atoms with E-state index in [4.69, 9.17) is 0 Å². The Balaban J connectivity index is 1.40. The topological polar surface area (TPSA) is 106 Å². The molecule has 8 nitrogen and oxygen atoms in total. The summed E-state index contributed by atoms with van der Waals surface area (Å²) in [5.41, 5.74) is 1.61. The predicted molar refractivity (Wildman–Crippen MR) is 110 cm³/mol. The number of hydrogen-bond donors (Lipinski definition) is 2. The van der Waals surface area contributed by atoms with Crippen LogP contribution in [0.3, 0.4) is 0 Å². The van der Waals surface area contributed by atoms with E-state index in [0.29, 0.717) is 12.4 Å². The number of hydrogen-bond acceptors (Lipinski definition) is 5. The Morgan fingerprint density at radius 2 is 1.93 bits per heavy atom. The number of nitrogens with one attached hydrogen (secondary N) is 2. The van der Waals surface area contributed by atoms with Crippen molar-refractivity contribution in [1.82, 2.24) is 24.8 Å². The monoisotopic (exact) mass is 411 g/mol. The highest BCUT2D eigenvalue weighted by Gasteiger charge is 2.07. The van der Waals surface area contributed by atoms with E-state index in [1.165, 1.54) is 6.08 Å². The minimum absolute atomic E-state index is 0.0176. The van der Waals surface area contributed by atoms with Gasteiger partial charge in [-0.3, -0.25) is 4.79 Å². The van der Waals surface area contributed by atoms with Crippen molar-refractivity contribution in [2.45, 2.75) is 13.0 Å². The highest BCUT2D eigenvalue weighted by atomic mass is 32.2. The normalized spacial score (nSPS) is 11.6. The van der Waals surface area contributed by atoms with E-state index in [0.717, 1.165) is 16.5 Å². The van der Waals surface area contributed by atoms with Gasteiger partial charge in [-0.2, -0.15) is 5.10 Å². The van der Waals surface area contributed by atoms with Gasteiger partial charge in [0.2, 0.25) is 15.9 Å². The molecule has 0 unspecified atom stereocenters. The number of carbonyl (C=O) groups is 1. The zero-order chi connectivity index (χ0) is 20.5. The number of nitrogens with zero attached hydrogens (tertiary/aromatic N) is 3. The van der Waals surface area contributed by atoms with Gasteiger partial charge >= 0.3 is 0 Å². The predicted octanol–water partition coefficient (Wildman–Crippen LogP) is 1.86. The van der Waals surface area contributed by atoms with E-state index >= 15 is 0 Å². The van der Waals surface area contributed by atoms with Gasteiger partial charge in [0, 0.05) is 43.5 Å². The lowest BCUT2D eigenvalue weighted by Gasteiger charge is -2.07. The van der Waals surface area contributed by atoms with Crippen molar-refractivity contribution in [1.29, 1.82) is 0 Å². The third kappa shape index (κ3) is 6.66. The summed E-state index contributed by atoms with van der Waals surface area (Å²) < 4.78 is 27.9. The minimum Gasteiger partial charge on any atom is -0.352 e. The fourth-order valence-corrected chi connectivity index (χ4v) is 3.26. The van der Waals surface area contributed by atoms with Crippen molar-refractivity contribution in [3.8, 4) is 5.82 Å². The van der Waals surface area contributed by atoms with Crippen molar-refractivity contribution in [3.63, 3.8) is 0 Å². The number of aromatic nitrogens is 3. The number of pyridine rings is 1. The molecule has 0 radical (unpaired) electrons. The first-order valence-electron chi connectivity index (χ1n) is 8.96. The molecule has 0 aliphatic carbocycles. The van der Waals surface area contributed by atoms with E-state index in [2.05, 4.69) is 20.1 Å². The lowest BCUT2D eigenvalue weighted by atomic mass is 10.2. The van der Waals surface area contributed by atoms with Crippen LogP contribution in [0.5, 0.6) is 0 Å². The Morgan fingerprint density at radius 3 is 2.62 bits per heavy atom. The number of benzene rings is 1. The molecular formula is C20H21N5O3S. The fraction of sp³-hybridized carbons (Fsp3) is 0.150. The molecule has 0 spiro atoms. The summed E-state index contributed by atoms with van der Waals surface area (Å²) >= 11 is 0. The molecule has 9 heteroatoms. The van der Waals surface area contributed by atoms with E-state index in [1.807, 2.05) is 36.4 Å². The average molecular weight is 411 g/mol. The van der Waals surface area contributed by atoms with Crippen molar-refractivity contribution < 1.29 is 13.2 Å². The second kappa shape index (κ2) is 9.76. The summed E-state index contributed by atoms with van der Waals surface area (Å²) in [4.78, 5) is 16.2. The quantitative estimate of drug-likeness (QED) is 0.559. The summed E-state index contributed by atoms with van der Waals surface area (Å²) in [5.74, 6) is 0.430. The maximum atomic E-state index is 11.9. The summed E-state index contributed by atoms with van der Waals surface area (Å²) in [5, 5.41) is 7.93. The van der Waals surface area contributed by atoms with Crippen molar-refractivity contribution >= 4 is 22.0 Å². The van der Waals surface area contributed by atoms with Gasteiger partial charge in [0.05, 0.1) is 0 Å². The van der Waals surface area contributed by atoms with Gasteiger partial charge in [-0.1, -0.05) is 36.4 Å². The first-order chi connectivity index (χ1) is 14.0. The molecule has 2 aromatic heterocycles. The molecule has 0 saturated carbocycles. The van der Waals surface area contributed by atoms with Gasteiger partial charge in [-0.05, 0) is 29.3 Å². The summed E-state index contributed by atoms with van der Waals surface area (Å²) in [7, 11) is -3.60. The molecule has 0 bridgehead atoms. The average Bonchev–Trinajstić information content (AvgIpc) is 3.27. The van der Waals surface area contributed by atoms with Crippen molar-refractivity contribution in [3.05, 3.63) is 83.7 Å². The van der Waals surface area contributed by atoms with Crippen molar-refractivity contribution in [2.75, 3.05) is 6.54 Å². The van der Waals surface area contributed by atoms with Gasteiger partial charge in [0.15, 0.2) is 5.82 Å². The number of rotatable bonds is 9. The molecule has 0 aliphatic rings. The molecule has 0 atom stereocenters. The van der Waals surface area contributed by atoms with E-state index in [1.54, 1.807) is 35.4 Å². The highest BCUT2D eigenvalue weighted by Crippen LogP contribution is 2.05. The Bertz CT molecular complexity index is 1050. The third-order valence-electron chi connectivity index (χ3n) is 3.93. The lowest BCUT2D eigenvalue weighted by Crippen LogP contribution is -2.29. The molecule has 0 aliphatic heterocycles. The van der Waals surface area contributed by atoms with E-state index in [9.17, 15) is 13.2 Å². The number of carbonyl (C=O) groups excluding carboxylic acids is 1. The molecule has 2 N–H and O–H groups in total. The standard InChI is InChI=1S/C20H21N5O3S/c26-20(9-12-24-29(27,28)14-10-17-5-2-1-3-6-17)22-16-18-7-8-19(21-15-18)25-13-4-11-23-25/h1-8,10-11,13-15,24H,9,12,16H2,(H,22,26)/b14-10+. The summed E-state index contributed by atoms with van der Waals surface area (Å²) in [6, 6.07) is 14.6. The first kappa shape index (κ1) is 20.4. The summed E-state index contributed by atoms with van der Waals surface area (Å²) in [6.07, 6.45) is 6.66. The SMILES string of the molecule is O=C(CCNS(=O)(=O)/C=C/c1ccccc1)NCc1ccc(-n2cccn2)nc1. The van der Waals surface area contributed by atoms with Crippen LogP contribution >= 0.6 is 0 Å². The smallest absolute Gasteiger partial charge is 0.233 e. The van der Waals surface area contributed by atoms with Crippen LogP contribution in [0.25, 0.3) is 11.9 Å². The molecule has 3 aromatic rings. The molecule has 2 heterocycles. The zero-order valence-electron chi connectivity index (χ0n) is 15.6. The number of amides is 1. The number of sulfonamides is 1. The lowest BCUT2D eigenvalue weighted by molar-refractivity contribution is -0.121. The Labute approximate surface area is 169 Å². The molecule has 3 rings (SSSR count). The van der Waals surface area contributed by atoms with Crippen LogP contribution in [-0.2, 0) is 21.4 Å². The second-order valence-corrected chi connectivity index (χ2v) is 7.81. The van der Waals surface area contributed by atoms with Gasteiger partial charge in [-0.25, -0.2) is 22.8 Å². The van der Waals surface area contributed by atoms with Crippen LogP contribution < -0.4 is 10.0 Å². The Kier molecular flexibility index (Phi) is 6.88. The molecule has 1 aromatic carbocycles. The van der Waals surface area contributed by atoms with Gasteiger partial charge in [-0.15, -0.1) is 0 Å². The largest absolute Gasteiger partial charge is 0.352 e. The van der Waals surface area contributed by atoms with Gasteiger partial charge in [0.1, 0.15) is 0 Å². The third-order valence-corrected chi connectivity index (χ3v) is 5.03. The molecule has 0 saturated heterocycles. The molecule has 150 valence electrons. The van der Waals surface area contributed by atoms with Crippen LogP contribution in [0.15, 0.2) is 72.5 Å². The van der Waals surface area contributed by atoms with Crippen LogP contribution in [0.1, 0.15) is 17.5 Å². The van der Waals surface area contributed by atoms with Crippen LogP contribution in [0.2, 0.25) is 0 Å². The van der Waals surface area contributed by atoms with Gasteiger partial charge in [0.25, 0.3) is 0 Å². The van der Waals surface area contributed by atoms with Crippen LogP contribution in [0, 0.1) is 0 Å². The second-order valence-electron chi connectivity index (χ2n) is 6.15. The first-order valence-corrected chi connectivity index (χ1v) is 10.5. The van der Waals surface area contributed by atoms with Crippen LogP contribution in [-0.4, -0.2) is 35.6 Å². The maximum absolute atomic E-state index is 11.9. The Hall–Kier alpha value is -3.30.